The summed E-state index contributed by atoms with van der Waals surface area (Å²) in [5, 5.41) is 14.0. The molecule has 0 aliphatic carbocycles. The minimum atomic E-state index is -1.14. The number of hydrogen-bond donors (Lipinski definition) is 1. The monoisotopic (exact) mass is 312 g/mol. The Morgan fingerprint density at radius 1 is 1.35 bits per heavy atom. The van der Waals surface area contributed by atoms with Crippen LogP contribution in [0.5, 0.6) is 0 Å². The molecule has 1 aromatic heterocycles. The predicted octanol–water partition coefficient (Wildman–Crippen LogP) is 4.31. The highest BCUT2D eigenvalue weighted by atomic mass is 35.5. The smallest absolute Gasteiger partial charge is 0.358 e. The van der Waals surface area contributed by atoms with Gasteiger partial charge in [0.15, 0.2) is 5.69 Å². The molecule has 2 aromatic rings. The summed E-state index contributed by atoms with van der Waals surface area (Å²) in [6.45, 7) is 5.76. The van der Waals surface area contributed by atoms with Crippen molar-refractivity contribution in [3.8, 4) is 5.69 Å². The number of aromatic nitrogens is 2. The maximum Gasteiger partial charge on any atom is 0.358 e. The lowest BCUT2D eigenvalue weighted by molar-refractivity contribution is 0.0690. The number of carboxylic acids is 1. The third kappa shape index (κ3) is 2.53. The summed E-state index contributed by atoms with van der Waals surface area (Å²) < 4.78 is 1.54. The van der Waals surface area contributed by atoms with Gasteiger partial charge in [-0.25, -0.2) is 9.48 Å². The number of nitrogens with zero attached hydrogens (tertiary/aromatic N) is 2. The zero-order chi connectivity index (χ0) is 15.0. The minimum Gasteiger partial charge on any atom is -0.476 e. The molecule has 0 fully saturated rings. The Kier molecular flexibility index (Phi) is 4.06. The second kappa shape index (κ2) is 5.46. The van der Waals surface area contributed by atoms with E-state index in [0.29, 0.717) is 16.4 Å². The fraction of sp³-hybridized carbons (Fsp3) is 0.286. The number of aryl methyl sites for hydroxylation is 1. The molecule has 0 aliphatic rings. The molecule has 106 valence electrons. The van der Waals surface area contributed by atoms with E-state index in [1.54, 1.807) is 10.7 Å². The van der Waals surface area contributed by atoms with Gasteiger partial charge in [-0.05, 0) is 30.5 Å². The SMILES string of the molecule is Cc1ccc(-n2nc(C(=O)O)c(Cl)c2C(C)C)cc1Cl. The lowest BCUT2D eigenvalue weighted by atomic mass is 10.1. The van der Waals surface area contributed by atoms with Crippen molar-refractivity contribution in [1.29, 1.82) is 0 Å². The highest BCUT2D eigenvalue weighted by molar-refractivity contribution is 6.34. The van der Waals surface area contributed by atoms with Crippen molar-refractivity contribution in [3.63, 3.8) is 0 Å². The summed E-state index contributed by atoms with van der Waals surface area (Å²) in [6, 6.07) is 5.44. The standard InChI is InChI=1S/C14H14Cl2N2O2/c1-7(2)13-11(16)12(14(19)20)17-18(13)9-5-4-8(3)10(15)6-9/h4-7H,1-3H3,(H,19,20). The van der Waals surface area contributed by atoms with E-state index in [1.165, 1.54) is 0 Å². The van der Waals surface area contributed by atoms with Crippen LogP contribution in [0.25, 0.3) is 5.69 Å². The van der Waals surface area contributed by atoms with Gasteiger partial charge in [0.05, 0.1) is 16.4 Å². The largest absolute Gasteiger partial charge is 0.476 e. The average Bonchev–Trinajstić information content (AvgIpc) is 2.70. The van der Waals surface area contributed by atoms with E-state index >= 15 is 0 Å². The van der Waals surface area contributed by atoms with Gasteiger partial charge >= 0.3 is 5.97 Å². The second-order valence-electron chi connectivity index (χ2n) is 4.85. The van der Waals surface area contributed by atoms with Gasteiger partial charge < -0.3 is 5.11 Å². The Morgan fingerprint density at radius 3 is 2.50 bits per heavy atom. The molecule has 0 saturated heterocycles. The maximum atomic E-state index is 11.2. The number of carbonyl (C=O) groups is 1. The van der Waals surface area contributed by atoms with E-state index in [2.05, 4.69) is 5.10 Å². The first-order chi connectivity index (χ1) is 9.32. The highest BCUT2D eigenvalue weighted by Crippen LogP contribution is 2.31. The van der Waals surface area contributed by atoms with Crippen LogP contribution in [-0.4, -0.2) is 20.9 Å². The van der Waals surface area contributed by atoms with Crippen LogP contribution in [0, 0.1) is 6.92 Å². The first kappa shape index (κ1) is 14.9. The van der Waals surface area contributed by atoms with Crippen molar-refractivity contribution < 1.29 is 9.90 Å². The normalized spacial score (nSPS) is 11.1. The zero-order valence-corrected chi connectivity index (χ0v) is 12.8. The first-order valence-corrected chi connectivity index (χ1v) is 6.86. The lowest BCUT2D eigenvalue weighted by Gasteiger charge is -2.11. The van der Waals surface area contributed by atoms with Crippen molar-refractivity contribution in [3.05, 3.63) is 45.2 Å². The number of hydrogen-bond acceptors (Lipinski definition) is 2. The van der Waals surface area contributed by atoms with Crippen LogP contribution in [-0.2, 0) is 0 Å². The molecule has 0 bridgehead atoms. The van der Waals surface area contributed by atoms with Gasteiger partial charge in [0.2, 0.25) is 0 Å². The quantitative estimate of drug-likeness (QED) is 0.918. The lowest BCUT2D eigenvalue weighted by Crippen LogP contribution is -2.05. The van der Waals surface area contributed by atoms with Gasteiger partial charge in [0.25, 0.3) is 0 Å². The van der Waals surface area contributed by atoms with E-state index < -0.39 is 5.97 Å². The van der Waals surface area contributed by atoms with Crippen LogP contribution < -0.4 is 0 Å². The molecule has 2 rings (SSSR count). The van der Waals surface area contributed by atoms with E-state index in [0.717, 1.165) is 5.56 Å². The summed E-state index contributed by atoms with van der Waals surface area (Å²) >= 11 is 12.3. The molecule has 0 aliphatic heterocycles. The summed E-state index contributed by atoms with van der Waals surface area (Å²) in [6.07, 6.45) is 0. The van der Waals surface area contributed by atoms with Gasteiger partial charge in [-0.2, -0.15) is 5.10 Å². The molecule has 0 radical (unpaired) electrons. The summed E-state index contributed by atoms with van der Waals surface area (Å²) in [4.78, 5) is 11.2. The van der Waals surface area contributed by atoms with Crippen molar-refractivity contribution in [2.45, 2.75) is 26.7 Å². The summed E-state index contributed by atoms with van der Waals surface area (Å²) in [7, 11) is 0. The third-order valence-corrected chi connectivity index (χ3v) is 3.79. The van der Waals surface area contributed by atoms with Crippen molar-refractivity contribution in [2.24, 2.45) is 0 Å². The molecule has 0 spiro atoms. The van der Waals surface area contributed by atoms with Crippen LogP contribution in [0.2, 0.25) is 10.0 Å². The first-order valence-electron chi connectivity index (χ1n) is 6.11. The highest BCUT2D eigenvalue weighted by Gasteiger charge is 2.24. The van der Waals surface area contributed by atoms with E-state index in [1.807, 2.05) is 32.9 Å². The number of carboxylic acid groups (broad SMARTS) is 1. The van der Waals surface area contributed by atoms with Crippen LogP contribution in [0.3, 0.4) is 0 Å². The topological polar surface area (TPSA) is 55.1 Å². The zero-order valence-electron chi connectivity index (χ0n) is 11.3. The molecule has 1 aromatic carbocycles. The van der Waals surface area contributed by atoms with Gasteiger partial charge in [-0.1, -0.05) is 43.1 Å². The fourth-order valence-electron chi connectivity index (χ4n) is 1.96. The Bertz CT molecular complexity index is 678. The van der Waals surface area contributed by atoms with E-state index in [-0.39, 0.29) is 16.6 Å². The van der Waals surface area contributed by atoms with Gasteiger partial charge in [0, 0.05) is 5.02 Å². The van der Waals surface area contributed by atoms with E-state index in [9.17, 15) is 4.79 Å². The summed E-state index contributed by atoms with van der Waals surface area (Å²) in [5.41, 5.74) is 2.15. The van der Waals surface area contributed by atoms with Crippen LogP contribution in [0.1, 0.15) is 41.5 Å². The van der Waals surface area contributed by atoms with Crippen molar-refractivity contribution in [1.82, 2.24) is 9.78 Å². The van der Waals surface area contributed by atoms with Gasteiger partial charge in [-0.3, -0.25) is 0 Å². The Morgan fingerprint density at radius 2 is 2.00 bits per heavy atom. The molecule has 1 heterocycles. The van der Waals surface area contributed by atoms with Crippen LogP contribution in [0.4, 0.5) is 0 Å². The minimum absolute atomic E-state index is 0.0307. The van der Waals surface area contributed by atoms with Crippen LogP contribution >= 0.6 is 23.2 Å². The van der Waals surface area contributed by atoms with Crippen molar-refractivity contribution >= 4 is 29.2 Å². The van der Waals surface area contributed by atoms with E-state index in [4.69, 9.17) is 28.3 Å². The molecule has 4 nitrogen and oxygen atoms in total. The molecule has 0 atom stereocenters. The average molecular weight is 313 g/mol. The molecular weight excluding hydrogens is 299 g/mol. The fourth-order valence-corrected chi connectivity index (χ4v) is 2.55. The second-order valence-corrected chi connectivity index (χ2v) is 5.64. The molecule has 6 heteroatoms. The van der Waals surface area contributed by atoms with Gasteiger partial charge in [-0.15, -0.1) is 0 Å². The molecule has 0 unspecified atom stereocenters. The molecule has 20 heavy (non-hydrogen) atoms. The number of rotatable bonds is 3. The Labute approximate surface area is 126 Å². The maximum absolute atomic E-state index is 11.2. The van der Waals surface area contributed by atoms with Crippen LogP contribution in [0.15, 0.2) is 18.2 Å². The molecule has 0 amide bonds. The number of benzene rings is 1. The Balaban J connectivity index is 2.69. The number of aromatic carboxylic acids is 1. The molecule has 1 N–H and O–H groups in total. The Hall–Kier alpha value is -1.52. The third-order valence-electron chi connectivity index (χ3n) is 3.01. The predicted molar refractivity (Wildman–Crippen MR) is 79.4 cm³/mol. The van der Waals surface area contributed by atoms with Gasteiger partial charge in [0.1, 0.15) is 0 Å². The molecular formula is C14H14Cl2N2O2. The number of halogens is 2. The molecule has 0 saturated carbocycles. The van der Waals surface area contributed by atoms with Crippen molar-refractivity contribution in [2.75, 3.05) is 0 Å². The summed E-state index contributed by atoms with van der Waals surface area (Å²) in [5.74, 6) is -1.11.